The first-order valence-corrected chi connectivity index (χ1v) is 6.63. The van der Waals surface area contributed by atoms with Crippen molar-refractivity contribution in [3.63, 3.8) is 0 Å². The minimum atomic E-state index is -4.68. The number of hydrogen-bond donors (Lipinski definition) is 2. The highest BCUT2D eigenvalue weighted by molar-refractivity contribution is 7.99. The molecule has 0 bridgehead atoms. The van der Waals surface area contributed by atoms with Crippen LogP contribution in [-0.4, -0.2) is 40.4 Å². The molecule has 1 aromatic rings. The highest BCUT2D eigenvalue weighted by atomic mass is 32.2. The van der Waals surface area contributed by atoms with Crippen molar-refractivity contribution in [3.8, 4) is 0 Å². The topological polar surface area (TPSA) is 84.0 Å². The molecule has 0 aliphatic carbocycles. The van der Waals surface area contributed by atoms with E-state index in [4.69, 9.17) is 0 Å². The van der Waals surface area contributed by atoms with Gasteiger partial charge in [0.05, 0.1) is 5.75 Å². The number of nitrogens with one attached hydrogen (secondary N) is 2. The lowest BCUT2D eigenvalue weighted by Crippen LogP contribution is -2.43. The summed E-state index contributed by atoms with van der Waals surface area (Å²) >= 11 is 0.488. The summed E-state index contributed by atoms with van der Waals surface area (Å²) in [5.41, 5.74) is -1.21. The Morgan fingerprint density at radius 1 is 1.17 bits per heavy atom. The number of thioether (sulfide) groups is 1. The molecule has 0 aliphatic heterocycles. The van der Waals surface area contributed by atoms with Crippen LogP contribution in [0.1, 0.15) is 5.69 Å². The van der Waals surface area contributed by atoms with Crippen molar-refractivity contribution in [2.75, 3.05) is 12.3 Å². The number of aromatic nitrogens is 2. The molecular formula is C10H8F6N4O2S. The number of amides is 3. The average molecular weight is 362 g/mol. The third-order valence-corrected chi connectivity index (χ3v) is 2.82. The molecule has 0 saturated carbocycles. The predicted octanol–water partition coefficient (Wildman–Crippen LogP) is 1.98. The maximum Gasteiger partial charge on any atom is 0.433 e. The van der Waals surface area contributed by atoms with Crippen molar-refractivity contribution in [3.05, 3.63) is 18.0 Å². The molecule has 0 aliphatic rings. The Hall–Kier alpha value is -2.05. The number of rotatable bonds is 4. The van der Waals surface area contributed by atoms with E-state index < -0.39 is 42.3 Å². The molecule has 1 rings (SSSR count). The van der Waals surface area contributed by atoms with Gasteiger partial charge in [-0.25, -0.2) is 14.8 Å². The lowest BCUT2D eigenvalue weighted by molar-refractivity contribution is -0.141. The summed E-state index contributed by atoms with van der Waals surface area (Å²) in [7, 11) is 0. The van der Waals surface area contributed by atoms with Gasteiger partial charge in [0.15, 0.2) is 5.16 Å². The first-order chi connectivity index (χ1) is 10.5. The fourth-order valence-corrected chi connectivity index (χ4v) is 1.72. The summed E-state index contributed by atoms with van der Waals surface area (Å²) in [6, 6.07) is -0.743. The fourth-order valence-electron chi connectivity index (χ4n) is 1.09. The molecule has 1 aromatic heterocycles. The van der Waals surface area contributed by atoms with Gasteiger partial charge in [0.25, 0.3) is 0 Å². The molecule has 0 spiro atoms. The summed E-state index contributed by atoms with van der Waals surface area (Å²) in [6.07, 6.45) is -8.48. The number of nitrogens with zero attached hydrogens (tertiary/aromatic N) is 2. The fraction of sp³-hybridized carbons (Fsp3) is 0.400. The molecule has 0 fully saturated rings. The van der Waals surface area contributed by atoms with Crippen LogP contribution in [0.5, 0.6) is 0 Å². The molecule has 0 radical (unpaired) electrons. The zero-order valence-corrected chi connectivity index (χ0v) is 11.8. The van der Waals surface area contributed by atoms with E-state index in [0.29, 0.717) is 17.8 Å². The Balaban J connectivity index is 2.46. The van der Waals surface area contributed by atoms with Crippen molar-refractivity contribution in [1.82, 2.24) is 20.6 Å². The molecule has 0 aromatic carbocycles. The summed E-state index contributed by atoms with van der Waals surface area (Å²) < 4.78 is 72.6. The average Bonchev–Trinajstić information content (AvgIpc) is 2.42. The van der Waals surface area contributed by atoms with Gasteiger partial charge in [-0.15, -0.1) is 0 Å². The van der Waals surface area contributed by atoms with Crippen LogP contribution in [0.2, 0.25) is 0 Å². The standard InChI is InChI=1S/C10H8F6N4O2S/c11-9(12,13)4-18-7(22)20-6(21)3-23-8-17-2-1-5(19-8)10(14,15)16/h1-2H,3-4H2,(H2,18,20,21,22). The van der Waals surface area contributed by atoms with E-state index in [1.165, 1.54) is 5.32 Å². The molecule has 128 valence electrons. The van der Waals surface area contributed by atoms with Crippen LogP contribution >= 0.6 is 11.8 Å². The van der Waals surface area contributed by atoms with Gasteiger partial charge in [0.1, 0.15) is 12.2 Å². The lowest BCUT2D eigenvalue weighted by Gasteiger charge is -2.09. The Morgan fingerprint density at radius 2 is 1.83 bits per heavy atom. The van der Waals surface area contributed by atoms with E-state index in [-0.39, 0.29) is 5.16 Å². The Morgan fingerprint density at radius 3 is 2.39 bits per heavy atom. The number of urea groups is 1. The van der Waals surface area contributed by atoms with Crippen molar-refractivity contribution in [2.45, 2.75) is 17.5 Å². The van der Waals surface area contributed by atoms with E-state index in [1.807, 2.05) is 0 Å². The summed E-state index contributed by atoms with van der Waals surface area (Å²) in [6.45, 7) is -1.63. The van der Waals surface area contributed by atoms with Crippen molar-refractivity contribution < 1.29 is 35.9 Å². The van der Waals surface area contributed by atoms with Crippen LogP contribution in [0, 0.1) is 0 Å². The SMILES string of the molecule is O=C(CSc1nccc(C(F)(F)F)n1)NC(=O)NCC(F)(F)F. The second-order valence-electron chi connectivity index (χ2n) is 3.86. The zero-order valence-electron chi connectivity index (χ0n) is 11.0. The first-order valence-electron chi connectivity index (χ1n) is 5.65. The third kappa shape index (κ3) is 7.67. The number of hydrogen-bond acceptors (Lipinski definition) is 5. The number of carbonyl (C=O) groups is 2. The molecule has 0 saturated heterocycles. The zero-order chi connectivity index (χ0) is 17.7. The number of imide groups is 1. The van der Waals surface area contributed by atoms with Gasteiger partial charge in [0, 0.05) is 6.20 Å². The second-order valence-corrected chi connectivity index (χ2v) is 4.80. The molecule has 13 heteroatoms. The van der Waals surface area contributed by atoms with Crippen LogP contribution in [0.15, 0.2) is 17.4 Å². The summed E-state index contributed by atoms with van der Waals surface area (Å²) in [4.78, 5) is 28.9. The van der Waals surface area contributed by atoms with Gasteiger partial charge in [-0.3, -0.25) is 10.1 Å². The van der Waals surface area contributed by atoms with Crippen LogP contribution in [-0.2, 0) is 11.0 Å². The normalized spacial score (nSPS) is 11.9. The van der Waals surface area contributed by atoms with Gasteiger partial charge in [-0.1, -0.05) is 11.8 Å². The van der Waals surface area contributed by atoms with Gasteiger partial charge < -0.3 is 5.32 Å². The number of halogens is 6. The second kappa shape index (κ2) is 7.48. The maximum atomic E-state index is 12.4. The minimum Gasteiger partial charge on any atom is -0.329 e. The first kappa shape index (κ1) is 19.0. The quantitative estimate of drug-likeness (QED) is 0.486. The number of alkyl halides is 6. The highest BCUT2D eigenvalue weighted by Gasteiger charge is 2.33. The van der Waals surface area contributed by atoms with Gasteiger partial charge in [-0.05, 0) is 6.07 Å². The molecule has 0 atom stereocenters. The largest absolute Gasteiger partial charge is 0.433 e. The van der Waals surface area contributed by atoms with Crippen LogP contribution in [0.25, 0.3) is 0 Å². The van der Waals surface area contributed by atoms with E-state index in [1.54, 1.807) is 5.32 Å². The Bertz CT molecular complexity index is 577. The van der Waals surface area contributed by atoms with Gasteiger partial charge >= 0.3 is 18.4 Å². The van der Waals surface area contributed by atoms with E-state index in [2.05, 4.69) is 9.97 Å². The summed E-state index contributed by atoms with van der Waals surface area (Å²) in [5, 5.41) is 2.61. The van der Waals surface area contributed by atoms with Gasteiger partial charge in [0.2, 0.25) is 5.91 Å². The molecule has 23 heavy (non-hydrogen) atoms. The Labute approximate surface area is 129 Å². The maximum absolute atomic E-state index is 12.4. The van der Waals surface area contributed by atoms with Crippen LogP contribution in [0.4, 0.5) is 31.1 Å². The lowest BCUT2D eigenvalue weighted by atomic mass is 10.4. The molecule has 3 amide bonds. The van der Waals surface area contributed by atoms with Crippen molar-refractivity contribution in [1.29, 1.82) is 0 Å². The van der Waals surface area contributed by atoms with E-state index in [9.17, 15) is 35.9 Å². The Kier molecular flexibility index (Phi) is 6.18. The predicted molar refractivity (Wildman–Crippen MR) is 65.4 cm³/mol. The number of carbonyl (C=O) groups excluding carboxylic acids is 2. The third-order valence-electron chi connectivity index (χ3n) is 1.96. The van der Waals surface area contributed by atoms with Crippen molar-refractivity contribution in [2.24, 2.45) is 0 Å². The molecule has 1 heterocycles. The van der Waals surface area contributed by atoms with Gasteiger partial charge in [-0.2, -0.15) is 26.3 Å². The van der Waals surface area contributed by atoms with Crippen LogP contribution in [0.3, 0.4) is 0 Å². The van der Waals surface area contributed by atoms with Crippen LogP contribution < -0.4 is 10.6 Å². The highest BCUT2D eigenvalue weighted by Crippen LogP contribution is 2.28. The molecule has 0 unspecified atom stereocenters. The summed E-state index contributed by atoms with van der Waals surface area (Å²) in [5.74, 6) is -1.57. The van der Waals surface area contributed by atoms with E-state index in [0.717, 1.165) is 6.20 Å². The molecule has 6 nitrogen and oxygen atoms in total. The minimum absolute atomic E-state index is 0.370. The smallest absolute Gasteiger partial charge is 0.329 e. The van der Waals surface area contributed by atoms with Crippen molar-refractivity contribution >= 4 is 23.7 Å². The monoisotopic (exact) mass is 362 g/mol. The van der Waals surface area contributed by atoms with E-state index >= 15 is 0 Å². The molecule has 2 N–H and O–H groups in total. The molecular weight excluding hydrogens is 354 g/mol.